The third-order valence-corrected chi connectivity index (χ3v) is 3.13. The Morgan fingerprint density at radius 1 is 1.19 bits per heavy atom. The number of ether oxygens (including phenoxy) is 1. The van der Waals surface area contributed by atoms with Gasteiger partial charge in [-0.1, -0.05) is 12.1 Å². The normalized spacial score (nSPS) is 10.8. The fraction of sp³-hybridized carbons (Fsp3) is 0.125. The summed E-state index contributed by atoms with van der Waals surface area (Å²) in [6, 6.07) is 10.7. The van der Waals surface area contributed by atoms with E-state index in [0.717, 1.165) is 16.8 Å². The fourth-order valence-electron chi connectivity index (χ4n) is 2.31. The molecule has 5 nitrogen and oxygen atoms in total. The summed E-state index contributed by atoms with van der Waals surface area (Å²) < 4.78 is 5.88. The van der Waals surface area contributed by atoms with Crippen LogP contribution in [0.5, 0.6) is 11.5 Å². The summed E-state index contributed by atoms with van der Waals surface area (Å²) >= 11 is 0. The minimum atomic E-state index is -0.993. The van der Waals surface area contributed by atoms with Crippen LogP contribution >= 0.6 is 0 Å². The van der Waals surface area contributed by atoms with E-state index in [2.05, 4.69) is 9.97 Å². The molecule has 0 saturated heterocycles. The minimum absolute atomic E-state index is 0.142. The molecule has 0 saturated carbocycles. The first-order valence-corrected chi connectivity index (χ1v) is 6.51. The minimum Gasteiger partial charge on any atom is -0.477 e. The molecule has 0 radical (unpaired) electrons. The topological polar surface area (TPSA) is 75.2 Å². The van der Waals surface area contributed by atoms with Crippen molar-refractivity contribution in [3.8, 4) is 11.5 Å². The Kier molecular flexibility index (Phi) is 3.10. The predicted octanol–water partition coefficient (Wildman–Crippen LogP) is 3.67. The maximum absolute atomic E-state index is 11.0. The number of nitrogens with one attached hydrogen (secondary N) is 1. The molecule has 0 bridgehead atoms. The van der Waals surface area contributed by atoms with Gasteiger partial charge in [0.15, 0.2) is 5.75 Å². The molecule has 0 unspecified atom stereocenters. The van der Waals surface area contributed by atoms with Crippen LogP contribution in [-0.4, -0.2) is 21.0 Å². The lowest BCUT2D eigenvalue weighted by Gasteiger charge is -2.08. The van der Waals surface area contributed by atoms with Gasteiger partial charge in [-0.15, -0.1) is 0 Å². The quantitative estimate of drug-likeness (QED) is 0.768. The van der Waals surface area contributed by atoms with Crippen molar-refractivity contribution >= 4 is 16.9 Å². The highest BCUT2D eigenvalue weighted by Gasteiger charge is 2.11. The van der Waals surface area contributed by atoms with Crippen molar-refractivity contribution in [2.45, 2.75) is 13.8 Å². The number of carbonyl (C=O) groups is 1. The van der Waals surface area contributed by atoms with E-state index in [1.54, 1.807) is 12.1 Å². The number of hydrogen-bond donors (Lipinski definition) is 2. The second kappa shape index (κ2) is 4.94. The van der Waals surface area contributed by atoms with Gasteiger partial charge in [0.1, 0.15) is 11.4 Å². The standard InChI is InChI=1S/C16H14N2O3/c1-9-6-12(7-10(2)17-9)21-14-5-3-4-11-8-13(16(19)20)18-15(11)14/h3-8,18H,1-2H3,(H,19,20). The maximum atomic E-state index is 11.0. The monoisotopic (exact) mass is 282 g/mol. The molecular weight excluding hydrogens is 268 g/mol. The molecule has 3 aromatic rings. The van der Waals surface area contributed by atoms with E-state index in [1.165, 1.54) is 0 Å². The lowest BCUT2D eigenvalue weighted by atomic mass is 10.2. The highest BCUT2D eigenvalue weighted by Crippen LogP contribution is 2.30. The number of aryl methyl sites for hydroxylation is 2. The highest BCUT2D eigenvalue weighted by atomic mass is 16.5. The number of H-pyrrole nitrogens is 1. The second-order valence-corrected chi connectivity index (χ2v) is 4.90. The third-order valence-electron chi connectivity index (χ3n) is 3.13. The zero-order valence-electron chi connectivity index (χ0n) is 11.7. The summed E-state index contributed by atoms with van der Waals surface area (Å²) in [7, 11) is 0. The van der Waals surface area contributed by atoms with Crippen LogP contribution < -0.4 is 4.74 Å². The number of carboxylic acids is 1. The Balaban J connectivity index is 2.05. The van der Waals surface area contributed by atoms with Gasteiger partial charge in [-0.2, -0.15) is 0 Å². The van der Waals surface area contributed by atoms with Gasteiger partial charge in [-0.25, -0.2) is 4.79 Å². The molecule has 0 spiro atoms. The first kappa shape index (κ1) is 13.2. The van der Waals surface area contributed by atoms with Crippen LogP contribution in [0, 0.1) is 13.8 Å². The molecule has 0 atom stereocenters. The Labute approximate surface area is 121 Å². The number of carboxylic acid groups (broad SMARTS) is 1. The fourth-order valence-corrected chi connectivity index (χ4v) is 2.31. The third kappa shape index (κ3) is 2.58. The zero-order valence-corrected chi connectivity index (χ0v) is 11.7. The van der Waals surface area contributed by atoms with E-state index in [0.29, 0.717) is 17.0 Å². The molecular formula is C16H14N2O3. The van der Waals surface area contributed by atoms with Gasteiger partial charge in [0, 0.05) is 28.9 Å². The molecule has 1 aromatic carbocycles. The SMILES string of the molecule is Cc1cc(Oc2cccc3cc(C(=O)O)[nH]c23)cc(C)n1. The molecule has 0 aliphatic heterocycles. The van der Waals surface area contributed by atoms with Crippen molar-refractivity contribution in [3.05, 3.63) is 53.5 Å². The molecule has 0 fully saturated rings. The Bertz CT molecular complexity index is 816. The van der Waals surface area contributed by atoms with Crippen molar-refractivity contribution in [1.82, 2.24) is 9.97 Å². The number of nitrogens with zero attached hydrogens (tertiary/aromatic N) is 1. The van der Waals surface area contributed by atoms with E-state index < -0.39 is 5.97 Å². The molecule has 0 amide bonds. The van der Waals surface area contributed by atoms with Gasteiger partial charge in [-0.3, -0.25) is 4.98 Å². The number of fused-ring (bicyclic) bond motifs is 1. The van der Waals surface area contributed by atoms with Crippen molar-refractivity contribution in [2.75, 3.05) is 0 Å². The van der Waals surface area contributed by atoms with Crippen LogP contribution in [0.25, 0.3) is 10.9 Å². The smallest absolute Gasteiger partial charge is 0.352 e. The Hall–Kier alpha value is -2.82. The van der Waals surface area contributed by atoms with E-state index in [9.17, 15) is 4.79 Å². The number of aromatic carboxylic acids is 1. The van der Waals surface area contributed by atoms with Crippen LogP contribution in [-0.2, 0) is 0 Å². The summed E-state index contributed by atoms with van der Waals surface area (Å²) in [5, 5.41) is 9.86. The number of pyridine rings is 1. The molecule has 5 heteroatoms. The number of aromatic nitrogens is 2. The van der Waals surface area contributed by atoms with Crippen molar-refractivity contribution in [3.63, 3.8) is 0 Å². The molecule has 2 heterocycles. The zero-order chi connectivity index (χ0) is 15.0. The van der Waals surface area contributed by atoms with Gasteiger partial charge in [0.25, 0.3) is 0 Å². The van der Waals surface area contributed by atoms with Crippen LogP contribution in [0.1, 0.15) is 21.9 Å². The molecule has 0 aliphatic rings. The van der Waals surface area contributed by atoms with Crippen LogP contribution in [0.4, 0.5) is 0 Å². The van der Waals surface area contributed by atoms with E-state index >= 15 is 0 Å². The van der Waals surface area contributed by atoms with Crippen LogP contribution in [0.15, 0.2) is 36.4 Å². The molecule has 106 valence electrons. The van der Waals surface area contributed by atoms with Crippen molar-refractivity contribution in [1.29, 1.82) is 0 Å². The number of rotatable bonds is 3. The second-order valence-electron chi connectivity index (χ2n) is 4.90. The lowest BCUT2D eigenvalue weighted by Crippen LogP contribution is -1.95. The van der Waals surface area contributed by atoms with Gasteiger partial charge in [-0.05, 0) is 26.0 Å². The molecule has 3 rings (SSSR count). The van der Waals surface area contributed by atoms with E-state index in [4.69, 9.17) is 9.84 Å². The molecule has 21 heavy (non-hydrogen) atoms. The molecule has 2 N–H and O–H groups in total. The van der Waals surface area contributed by atoms with Crippen molar-refractivity contribution < 1.29 is 14.6 Å². The summed E-state index contributed by atoms with van der Waals surface area (Å²) in [6.07, 6.45) is 0. The number of benzene rings is 1. The largest absolute Gasteiger partial charge is 0.477 e. The maximum Gasteiger partial charge on any atom is 0.352 e. The van der Waals surface area contributed by atoms with Gasteiger partial charge in [0.2, 0.25) is 0 Å². The highest BCUT2D eigenvalue weighted by molar-refractivity contribution is 5.95. The summed E-state index contributed by atoms with van der Waals surface area (Å²) in [4.78, 5) is 18.2. The first-order valence-electron chi connectivity index (χ1n) is 6.51. The Morgan fingerprint density at radius 3 is 2.57 bits per heavy atom. The van der Waals surface area contributed by atoms with Crippen LogP contribution in [0.3, 0.4) is 0 Å². The molecule has 0 aliphatic carbocycles. The van der Waals surface area contributed by atoms with E-state index in [1.807, 2.05) is 38.1 Å². The summed E-state index contributed by atoms with van der Waals surface area (Å²) in [5.74, 6) is 0.275. The van der Waals surface area contributed by atoms with Crippen molar-refractivity contribution in [2.24, 2.45) is 0 Å². The summed E-state index contributed by atoms with van der Waals surface area (Å²) in [6.45, 7) is 3.80. The summed E-state index contributed by atoms with van der Waals surface area (Å²) in [5.41, 5.74) is 2.55. The van der Waals surface area contributed by atoms with Gasteiger partial charge >= 0.3 is 5.97 Å². The van der Waals surface area contributed by atoms with Crippen LogP contribution in [0.2, 0.25) is 0 Å². The number of para-hydroxylation sites is 1. The number of aromatic amines is 1. The lowest BCUT2D eigenvalue weighted by molar-refractivity contribution is 0.0691. The molecule has 2 aromatic heterocycles. The first-order chi connectivity index (χ1) is 10.0. The van der Waals surface area contributed by atoms with Gasteiger partial charge in [0.05, 0.1) is 5.52 Å². The Morgan fingerprint density at radius 2 is 1.90 bits per heavy atom. The number of hydrogen-bond acceptors (Lipinski definition) is 3. The predicted molar refractivity (Wildman–Crippen MR) is 79.0 cm³/mol. The van der Waals surface area contributed by atoms with Gasteiger partial charge < -0.3 is 14.8 Å². The van der Waals surface area contributed by atoms with E-state index in [-0.39, 0.29) is 5.69 Å². The average Bonchev–Trinajstić information content (AvgIpc) is 2.82. The average molecular weight is 282 g/mol.